The van der Waals surface area contributed by atoms with Crippen LogP contribution in [-0.2, 0) is 4.74 Å². The predicted octanol–water partition coefficient (Wildman–Crippen LogP) is 2.62. The molecule has 0 radical (unpaired) electrons. The lowest BCUT2D eigenvalue weighted by Gasteiger charge is -2.21. The third-order valence-corrected chi connectivity index (χ3v) is 2.94. The zero-order valence-corrected chi connectivity index (χ0v) is 11.5. The fourth-order valence-corrected chi connectivity index (χ4v) is 1.92. The van der Waals surface area contributed by atoms with E-state index < -0.39 is 5.97 Å². The van der Waals surface area contributed by atoms with E-state index in [1.54, 1.807) is 19.2 Å². The number of halogens is 1. The van der Waals surface area contributed by atoms with Crippen LogP contribution >= 0.6 is 15.9 Å². The van der Waals surface area contributed by atoms with Gasteiger partial charge in [0.25, 0.3) is 0 Å². The Morgan fingerprint density at radius 2 is 2.24 bits per heavy atom. The van der Waals surface area contributed by atoms with Crippen molar-refractivity contribution < 1.29 is 14.6 Å². The number of methoxy groups -OCH3 is 1. The highest BCUT2D eigenvalue weighted by Crippen LogP contribution is 2.24. The van der Waals surface area contributed by atoms with Crippen molar-refractivity contribution in [2.45, 2.75) is 6.42 Å². The van der Waals surface area contributed by atoms with Crippen LogP contribution in [0.25, 0.3) is 0 Å². The second-order valence-electron chi connectivity index (χ2n) is 3.73. The van der Waals surface area contributed by atoms with E-state index in [0.717, 1.165) is 17.4 Å². The molecule has 1 aromatic rings. The molecule has 0 aliphatic carbocycles. The molecule has 0 atom stereocenters. The summed E-state index contributed by atoms with van der Waals surface area (Å²) in [6.45, 7) is 1.42. The van der Waals surface area contributed by atoms with Crippen LogP contribution in [0.15, 0.2) is 22.7 Å². The molecule has 4 nitrogen and oxygen atoms in total. The number of nitrogens with zero attached hydrogens (tertiary/aromatic N) is 1. The number of hydrogen-bond donors (Lipinski definition) is 1. The van der Waals surface area contributed by atoms with Gasteiger partial charge >= 0.3 is 5.97 Å². The van der Waals surface area contributed by atoms with Crippen molar-refractivity contribution in [1.29, 1.82) is 0 Å². The van der Waals surface area contributed by atoms with Gasteiger partial charge in [0.05, 0.1) is 11.3 Å². The molecular formula is C12H16BrNO3. The van der Waals surface area contributed by atoms with E-state index in [2.05, 4.69) is 15.9 Å². The first-order valence-corrected chi connectivity index (χ1v) is 6.08. The molecular weight excluding hydrogens is 286 g/mol. The Labute approximate surface area is 109 Å². The van der Waals surface area contributed by atoms with Gasteiger partial charge in [0.15, 0.2) is 0 Å². The van der Waals surface area contributed by atoms with Crippen molar-refractivity contribution >= 4 is 27.6 Å². The summed E-state index contributed by atoms with van der Waals surface area (Å²) in [6, 6.07) is 5.15. The Kier molecular flexibility index (Phi) is 5.44. The number of carbonyl (C=O) groups is 1. The number of anilines is 1. The van der Waals surface area contributed by atoms with Gasteiger partial charge in [0.1, 0.15) is 0 Å². The summed E-state index contributed by atoms with van der Waals surface area (Å²) in [5, 5.41) is 9.11. The maximum atomic E-state index is 11.1. The fraction of sp³-hybridized carbons (Fsp3) is 0.417. The molecule has 0 heterocycles. The highest BCUT2D eigenvalue weighted by atomic mass is 79.9. The van der Waals surface area contributed by atoms with Gasteiger partial charge in [-0.3, -0.25) is 0 Å². The summed E-state index contributed by atoms with van der Waals surface area (Å²) in [6.07, 6.45) is 0.860. The Morgan fingerprint density at radius 1 is 1.53 bits per heavy atom. The Balaban J connectivity index is 2.86. The number of rotatable bonds is 6. The Hall–Kier alpha value is -1.07. The van der Waals surface area contributed by atoms with Crippen molar-refractivity contribution in [1.82, 2.24) is 0 Å². The summed E-state index contributed by atoms with van der Waals surface area (Å²) in [7, 11) is 3.53. The molecule has 0 bridgehead atoms. The first-order valence-electron chi connectivity index (χ1n) is 5.29. The number of carboxylic acids is 1. The molecule has 0 saturated carbocycles. The van der Waals surface area contributed by atoms with E-state index in [1.165, 1.54) is 0 Å². The lowest BCUT2D eigenvalue weighted by Crippen LogP contribution is -2.22. The van der Waals surface area contributed by atoms with Crippen LogP contribution in [0.4, 0.5) is 5.69 Å². The molecule has 0 amide bonds. The van der Waals surface area contributed by atoms with E-state index in [9.17, 15) is 4.79 Å². The first-order chi connectivity index (χ1) is 8.06. The summed E-state index contributed by atoms with van der Waals surface area (Å²) in [4.78, 5) is 13.0. The van der Waals surface area contributed by atoms with Crippen LogP contribution in [0.5, 0.6) is 0 Å². The average Bonchev–Trinajstić information content (AvgIpc) is 2.28. The van der Waals surface area contributed by atoms with Gasteiger partial charge in [0, 0.05) is 31.8 Å². The molecule has 1 aromatic carbocycles. The van der Waals surface area contributed by atoms with Crippen LogP contribution in [-0.4, -0.2) is 38.4 Å². The molecule has 0 spiro atoms. The summed E-state index contributed by atoms with van der Waals surface area (Å²) in [5.74, 6) is -0.911. The molecule has 17 heavy (non-hydrogen) atoms. The van der Waals surface area contributed by atoms with Crippen LogP contribution in [0.3, 0.4) is 0 Å². The monoisotopic (exact) mass is 301 g/mol. The minimum Gasteiger partial charge on any atom is -0.478 e. The summed E-state index contributed by atoms with van der Waals surface area (Å²) < 4.78 is 5.85. The number of hydrogen-bond acceptors (Lipinski definition) is 3. The molecule has 0 aromatic heterocycles. The van der Waals surface area contributed by atoms with Crippen molar-refractivity contribution in [2.24, 2.45) is 0 Å². The molecule has 0 aliphatic rings. The Bertz CT molecular complexity index is 395. The number of aromatic carboxylic acids is 1. The molecule has 0 aliphatic heterocycles. The van der Waals surface area contributed by atoms with Crippen molar-refractivity contribution in [3.8, 4) is 0 Å². The highest BCUT2D eigenvalue weighted by Gasteiger charge is 2.13. The first kappa shape index (κ1) is 14.0. The van der Waals surface area contributed by atoms with Crippen LogP contribution in [0.1, 0.15) is 16.8 Å². The van der Waals surface area contributed by atoms with E-state index in [4.69, 9.17) is 9.84 Å². The quantitative estimate of drug-likeness (QED) is 0.821. The predicted molar refractivity (Wildman–Crippen MR) is 70.9 cm³/mol. The van der Waals surface area contributed by atoms with Crippen LogP contribution in [0.2, 0.25) is 0 Å². The van der Waals surface area contributed by atoms with Crippen molar-refractivity contribution in [3.05, 3.63) is 28.2 Å². The van der Waals surface area contributed by atoms with E-state index in [0.29, 0.717) is 17.9 Å². The van der Waals surface area contributed by atoms with Crippen molar-refractivity contribution in [2.75, 3.05) is 32.2 Å². The number of ether oxygens (including phenoxy) is 1. The largest absolute Gasteiger partial charge is 0.478 e. The van der Waals surface area contributed by atoms with Gasteiger partial charge in [-0.15, -0.1) is 0 Å². The molecule has 5 heteroatoms. The Morgan fingerprint density at radius 3 is 2.82 bits per heavy atom. The topological polar surface area (TPSA) is 49.8 Å². The second-order valence-corrected chi connectivity index (χ2v) is 4.65. The maximum absolute atomic E-state index is 11.1. The third-order valence-electron chi connectivity index (χ3n) is 2.44. The van der Waals surface area contributed by atoms with Gasteiger partial charge in [-0.1, -0.05) is 15.9 Å². The smallest absolute Gasteiger partial charge is 0.337 e. The van der Waals surface area contributed by atoms with Gasteiger partial charge in [0.2, 0.25) is 0 Å². The fourth-order valence-electron chi connectivity index (χ4n) is 1.57. The number of carboxylic acid groups (broad SMARTS) is 1. The van der Waals surface area contributed by atoms with Crippen LogP contribution < -0.4 is 4.90 Å². The standard InChI is InChI=1S/C12H16BrNO3/c1-14(6-3-7-17-2)11-8-9(13)4-5-10(11)12(15)16/h4-5,8H,3,6-7H2,1-2H3,(H,15,16). The minimum absolute atomic E-state index is 0.313. The van der Waals surface area contributed by atoms with Gasteiger partial charge < -0.3 is 14.7 Å². The van der Waals surface area contributed by atoms with Gasteiger partial charge in [-0.2, -0.15) is 0 Å². The second kappa shape index (κ2) is 6.61. The minimum atomic E-state index is -0.911. The molecule has 0 unspecified atom stereocenters. The van der Waals surface area contributed by atoms with E-state index >= 15 is 0 Å². The lowest BCUT2D eigenvalue weighted by atomic mass is 10.1. The zero-order valence-electron chi connectivity index (χ0n) is 9.94. The SMILES string of the molecule is COCCCN(C)c1cc(Br)ccc1C(=O)O. The zero-order chi connectivity index (χ0) is 12.8. The molecule has 0 fully saturated rings. The highest BCUT2D eigenvalue weighted by molar-refractivity contribution is 9.10. The normalized spacial score (nSPS) is 10.3. The molecule has 1 rings (SSSR count). The van der Waals surface area contributed by atoms with E-state index in [-0.39, 0.29) is 0 Å². The van der Waals surface area contributed by atoms with Gasteiger partial charge in [-0.05, 0) is 24.6 Å². The molecule has 1 N–H and O–H groups in total. The lowest BCUT2D eigenvalue weighted by molar-refractivity contribution is 0.0697. The average molecular weight is 302 g/mol. The van der Waals surface area contributed by atoms with Crippen molar-refractivity contribution in [3.63, 3.8) is 0 Å². The van der Waals surface area contributed by atoms with E-state index in [1.807, 2.05) is 18.0 Å². The van der Waals surface area contributed by atoms with Gasteiger partial charge in [-0.25, -0.2) is 4.79 Å². The maximum Gasteiger partial charge on any atom is 0.337 e. The third kappa shape index (κ3) is 4.02. The molecule has 94 valence electrons. The summed E-state index contributed by atoms with van der Waals surface area (Å²) in [5.41, 5.74) is 1.02. The summed E-state index contributed by atoms with van der Waals surface area (Å²) >= 11 is 3.35. The van der Waals surface area contributed by atoms with Crippen LogP contribution in [0, 0.1) is 0 Å². The number of benzene rings is 1. The molecule has 0 saturated heterocycles.